The van der Waals surface area contributed by atoms with E-state index in [9.17, 15) is 14.8 Å². The van der Waals surface area contributed by atoms with Gasteiger partial charge in [0.15, 0.2) is 12.8 Å². The first-order valence-electron chi connectivity index (χ1n) is 6.07. The fourth-order valence-electron chi connectivity index (χ4n) is 1.57. The van der Waals surface area contributed by atoms with Gasteiger partial charge in [0.1, 0.15) is 0 Å². The highest BCUT2D eigenvalue weighted by atomic mass is 35.5. The van der Waals surface area contributed by atoms with Crippen molar-refractivity contribution >= 4 is 40.8 Å². The first-order chi connectivity index (χ1) is 10.5. The third-order valence-corrected chi connectivity index (χ3v) is 3.12. The third kappa shape index (κ3) is 4.09. The lowest BCUT2D eigenvalue weighted by Crippen LogP contribution is -2.35. The number of carbonyl (C=O) groups is 2. The summed E-state index contributed by atoms with van der Waals surface area (Å²) in [7, 11) is 0. The van der Waals surface area contributed by atoms with E-state index in [1.165, 1.54) is 30.3 Å². The molecule has 6 nitrogen and oxygen atoms in total. The van der Waals surface area contributed by atoms with Gasteiger partial charge in [-0.25, -0.2) is 4.79 Å². The number of amides is 1. The van der Waals surface area contributed by atoms with Crippen LogP contribution in [0.1, 0.15) is 10.5 Å². The molecule has 0 aliphatic rings. The molecule has 2 aromatic rings. The molecule has 2 rings (SSSR count). The van der Waals surface area contributed by atoms with E-state index in [0.29, 0.717) is 15.4 Å². The summed E-state index contributed by atoms with van der Waals surface area (Å²) < 4.78 is 5.12. The summed E-state index contributed by atoms with van der Waals surface area (Å²) in [5.41, 5.74) is 0.130. The summed E-state index contributed by atoms with van der Waals surface area (Å²) in [5.74, 6) is -1.49. The number of aromatic nitrogens is 1. The smallest absolute Gasteiger partial charge is 0.405 e. The number of anilines is 1. The summed E-state index contributed by atoms with van der Waals surface area (Å²) in [6.45, 7) is -0.549. The average molecular weight is 341 g/mol. The number of pyridine rings is 1. The monoisotopic (exact) mass is 340 g/mol. The number of hydrogen-bond donors (Lipinski definition) is 1. The first-order valence-corrected chi connectivity index (χ1v) is 6.83. The lowest BCUT2D eigenvalue weighted by atomic mass is 10.3. The van der Waals surface area contributed by atoms with Gasteiger partial charge in [0, 0.05) is 17.2 Å². The molecule has 22 heavy (non-hydrogen) atoms. The second-order valence-corrected chi connectivity index (χ2v) is 5.00. The lowest BCUT2D eigenvalue weighted by Gasteiger charge is -2.08. The first kappa shape index (κ1) is 16.1. The molecule has 1 amide bonds. The van der Waals surface area contributed by atoms with Crippen LogP contribution in [0.2, 0.25) is 10.0 Å². The van der Waals surface area contributed by atoms with Crippen molar-refractivity contribution in [1.82, 2.24) is 0 Å². The number of hydrogen-bond acceptors (Lipinski definition) is 4. The lowest BCUT2D eigenvalue weighted by molar-refractivity contribution is -0.608. The van der Waals surface area contributed by atoms with E-state index in [1.54, 1.807) is 6.07 Å². The van der Waals surface area contributed by atoms with Crippen LogP contribution >= 0.6 is 23.2 Å². The van der Waals surface area contributed by atoms with Gasteiger partial charge in [0.2, 0.25) is 0 Å². The predicted octanol–water partition coefficient (Wildman–Crippen LogP) is 2.42. The summed E-state index contributed by atoms with van der Waals surface area (Å²) in [5, 5.41) is 14.5. The second kappa shape index (κ2) is 7.11. The molecule has 0 bridgehead atoms. The van der Waals surface area contributed by atoms with Gasteiger partial charge in [0.05, 0.1) is 10.7 Å². The maximum absolute atomic E-state index is 11.7. The molecule has 0 aliphatic carbocycles. The van der Waals surface area contributed by atoms with Crippen molar-refractivity contribution in [3.63, 3.8) is 0 Å². The molecule has 0 saturated carbocycles. The summed E-state index contributed by atoms with van der Waals surface area (Å²) >= 11 is 11.6. The quantitative estimate of drug-likeness (QED) is 0.526. The van der Waals surface area contributed by atoms with E-state index in [2.05, 4.69) is 5.32 Å². The zero-order chi connectivity index (χ0) is 16.1. The fourth-order valence-corrected chi connectivity index (χ4v) is 2.02. The number of benzene rings is 1. The molecular weight excluding hydrogens is 331 g/mol. The van der Waals surface area contributed by atoms with Crippen molar-refractivity contribution in [2.24, 2.45) is 0 Å². The Morgan fingerprint density at radius 1 is 1.23 bits per heavy atom. The number of carbonyl (C=O) groups excluding carboxylic acids is 2. The Kier molecular flexibility index (Phi) is 5.19. The molecular formula is C14H10Cl2N2O4. The molecule has 0 spiro atoms. The highest BCUT2D eigenvalue weighted by molar-refractivity contribution is 6.36. The Labute approximate surface area is 135 Å². The van der Waals surface area contributed by atoms with E-state index in [4.69, 9.17) is 27.9 Å². The van der Waals surface area contributed by atoms with Crippen LogP contribution in [0.15, 0.2) is 42.6 Å². The van der Waals surface area contributed by atoms with Gasteiger partial charge in [-0.15, -0.1) is 0 Å². The molecule has 1 aromatic heterocycles. The zero-order valence-electron chi connectivity index (χ0n) is 11.1. The molecule has 114 valence electrons. The van der Waals surface area contributed by atoms with Crippen molar-refractivity contribution in [2.45, 2.75) is 0 Å². The Balaban J connectivity index is 1.93. The summed E-state index contributed by atoms with van der Waals surface area (Å²) in [4.78, 5) is 23.4. The molecule has 8 heteroatoms. The zero-order valence-corrected chi connectivity index (χ0v) is 12.6. The van der Waals surface area contributed by atoms with Crippen molar-refractivity contribution in [2.75, 3.05) is 11.9 Å². The van der Waals surface area contributed by atoms with Crippen molar-refractivity contribution < 1.29 is 19.1 Å². The molecule has 1 N–H and O–H groups in total. The fraction of sp³-hybridized carbons (Fsp3) is 0.0714. The van der Waals surface area contributed by atoms with Crippen LogP contribution in [0, 0.1) is 5.21 Å². The molecule has 1 heterocycles. The van der Waals surface area contributed by atoms with E-state index in [-0.39, 0.29) is 10.7 Å². The summed E-state index contributed by atoms with van der Waals surface area (Å²) in [6.07, 6.45) is 1.16. The van der Waals surface area contributed by atoms with Gasteiger partial charge in [-0.2, -0.15) is 4.73 Å². The minimum Gasteiger partial charge on any atom is -0.618 e. The SMILES string of the molecule is O=C(COC(=O)c1cccc[n+]1[O-])Nc1ccc(Cl)cc1Cl. The van der Waals surface area contributed by atoms with Crippen LogP contribution in [0.3, 0.4) is 0 Å². The minimum absolute atomic E-state index is 0.208. The Bertz CT molecular complexity index is 722. The van der Waals surface area contributed by atoms with Crippen LogP contribution in [0.25, 0.3) is 0 Å². The van der Waals surface area contributed by atoms with E-state index < -0.39 is 18.5 Å². The van der Waals surface area contributed by atoms with E-state index in [0.717, 1.165) is 6.20 Å². The third-order valence-electron chi connectivity index (χ3n) is 2.57. The largest absolute Gasteiger partial charge is 0.618 e. The Morgan fingerprint density at radius 2 is 2.00 bits per heavy atom. The van der Waals surface area contributed by atoms with Crippen LogP contribution in [0.4, 0.5) is 5.69 Å². The van der Waals surface area contributed by atoms with Gasteiger partial charge in [-0.3, -0.25) is 4.79 Å². The van der Waals surface area contributed by atoms with Crippen LogP contribution in [-0.4, -0.2) is 18.5 Å². The van der Waals surface area contributed by atoms with Gasteiger partial charge in [0.25, 0.3) is 5.91 Å². The maximum atomic E-state index is 11.7. The van der Waals surface area contributed by atoms with Crippen LogP contribution in [-0.2, 0) is 9.53 Å². The van der Waals surface area contributed by atoms with Crippen molar-refractivity contribution in [3.05, 3.63) is 63.5 Å². The number of halogens is 2. The molecule has 0 aliphatic heterocycles. The van der Waals surface area contributed by atoms with E-state index >= 15 is 0 Å². The Morgan fingerprint density at radius 3 is 2.68 bits per heavy atom. The topological polar surface area (TPSA) is 82.3 Å². The average Bonchev–Trinajstić information content (AvgIpc) is 2.48. The number of ether oxygens (including phenoxy) is 1. The Hall–Kier alpha value is -2.31. The number of rotatable bonds is 4. The summed E-state index contributed by atoms with van der Waals surface area (Å²) in [6, 6.07) is 8.82. The molecule has 0 unspecified atom stereocenters. The second-order valence-electron chi connectivity index (χ2n) is 4.16. The molecule has 0 atom stereocenters. The van der Waals surface area contributed by atoms with Gasteiger partial charge >= 0.3 is 11.7 Å². The number of nitrogens with one attached hydrogen (secondary N) is 1. The normalized spacial score (nSPS) is 10.1. The van der Waals surface area contributed by atoms with Gasteiger partial charge in [-0.1, -0.05) is 23.2 Å². The molecule has 0 radical (unpaired) electrons. The molecule has 0 fully saturated rings. The van der Waals surface area contributed by atoms with Crippen molar-refractivity contribution in [1.29, 1.82) is 0 Å². The van der Waals surface area contributed by atoms with Crippen LogP contribution in [0.5, 0.6) is 0 Å². The van der Waals surface area contributed by atoms with Gasteiger partial charge in [-0.05, 0) is 24.3 Å². The van der Waals surface area contributed by atoms with Crippen LogP contribution < -0.4 is 10.0 Å². The van der Waals surface area contributed by atoms with Crippen molar-refractivity contribution in [3.8, 4) is 0 Å². The van der Waals surface area contributed by atoms with Gasteiger partial charge < -0.3 is 15.3 Å². The molecule has 0 saturated heterocycles. The highest BCUT2D eigenvalue weighted by Gasteiger charge is 2.18. The predicted molar refractivity (Wildman–Crippen MR) is 80.8 cm³/mol. The highest BCUT2D eigenvalue weighted by Crippen LogP contribution is 2.25. The number of esters is 1. The molecule has 1 aromatic carbocycles. The van der Waals surface area contributed by atoms with E-state index in [1.807, 2.05) is 0 Å². The standard InChI is InChI=1S/C14H10Cl2N2O4/c15-9-4-5-11(10(16)7-9)17-13(19)8-22-14(20)12-3-1-2-6-18(12)21/h1-7H,8H2,(H,17,19). The maximum Gasteiger partial charge on any atom is 0.405 e. The number of nitrogens with zero attached hydrogens (tertiary/aromatic N) is 1. The minimum atomic E-state index is -0.895.